The molecule has 0 saturated heterocycles. The fourth-order valence-electron chi connectivity index (χ4n) is 8.66. The predicted octanol–water partition coefficient (Wildman–Crippen LogP) is 22.9. The van der Waals surface area contributed by atoms with Gasteiger partial charge < -0.3 is 14.2 Å². The first-order chi connectivity index (χ1) is 40.0. The van der Waals surface area contributed by atoms with Crippen LogP contribution in [0.2, 0.25) is 0 Å². The van der Waals surface area contributed by atoms with Crippen LogP contribution in [0.4, 0.5) is 0 Å². The van der Waals surface area contributed by atoms with Crippen molar-refractivity contribution in [3.05, 3.63) is 158 Å². The zero-order valence-corrected chi connectivity index (χ0v) is 52.2. The van der Waals surface area contributed by atoms with Gasteiger partial charge in [-0.2, -0.15) is 0 Å². The highest BCUT2D eigenvalue weighted by Crippen LogP contribution is 2.15. The number of unbranched alkanes of at least 4 members (excludes halogenated alkanes) is 21. The van der Waals surface area contributed by atoms with E-state index in [1.54, 1.807) is 0 Å². The molecule has 1 atom stereocenters. The van der Waals surface area contributed by atoms with Gasteiger partial charge in [0.15, 0.2) is 6.10 Å². The summed E-state index contributed by atoms with van der Waals surface area (Å²) in [6.45, 7) is 6.35. The fraction of sp³-hybridized carbons (Fsp3) is 0.613. The number of rotatable bonds is 58. The summed E-state index contributed by atoms with van der Waals surface area (Å²) in [6.07, 6.45) is 98.5. The molecule has 6 heteroatoms. The van der Waals surface area contributed by atoms with Gasteiger partial charge >= 0.3 is 17.9 Å². The maximum atomic E-state index is 12.9. The predicted molar refractivity (Wildman–Crippen MR) is 352 cm³/mol. The highest BCUT2D eigenvalue weighted by Gasteiger charge is 2.19. The Hall–Kier alpha value is -4.97. The average Bonchev–Trinajstić information content (AvgIpc) is 3.47. The maximum Gasteiger partial charge on any atom is 0.306 e. The molecule has 0 N–H and O–H groups in total. The molecule has 456 valence electrons. The SMILES string of the molecule is CC/C=C\C/C=C\C/C=C\C/C=C\C/C=C\C/C=C\C/C=C\C/C=C\C/C=C\CCCCCCCCCC(=O)OCC(COC(=O)CCCCCCCCC)OC(=O)CCCCCCCCCC/C=C\C/C=C\C/C=C\C/C=C\CC. The minimum atomic E-state index is -0.791. The van der Waals surface area contributed by atoms with E-state index in [1.165, 1.54) is 83.5 Å². The number of ether oxygens (including phenoxy) is 3. The summed E-state index contributed by atoms with van der Waals surface area (Å²) in [4.78, 5) is 38.1. The third-order valence-corrected chi connectivity index (χ3v) is 13.5. The summed E-state index contributed by atoms with van der Waals surface area (Å²) in [7, 11) is 0. The van der Waals surface area contributed by atoms with Crippen LogP contribution in [0.15, 0.2) is 158 Å². The van der Waals surface area contributed by atoms with Gasteiger partial charge in [0.2, 0.25) is 0 Å². The lowest BCUT2D eigenvalue weighted by molar-refractivity contribution is -0.167. The standard InChI is InChI=1S/C75H120O6/c1-4-7-10-13-16-18-20-22-24-26-28-30-31-32-33-34-35-36-37-38-39-40-41-42-43-45-46-48-50-52-54-56-59-62-65-68-74(77)80-71-72(70-79-73(76)67-64-61-58-15-12-9-6-3)81-75(78)69-66-63-60-57-55-53-51-49-47-44-29-27-25-23-21-19-17-14-11-8-5-2/h7-8,10-11,16-19,22-25,28-30,32-33,35-36,38-39,41-42,44-46,72H,4-6,9,12-15,20-21,26-27,31,34,37,40,43,47-71H2,1-3H3/b10-7-,11-8-,18-16-,19-17-,24-22-,25-23-,30-28-,33-32-,36-35-,39-38-,42-41-,44-29-,46-45-. The topological polar surface area (TPSA) is 78.9 Å². The van der Waals surface area contributed by atoms with Crippen molar-refractivity contribution in [3.63, 3.8) is 0 Å². The minimum Gasteiger partial charge on any atom is -0.462 e. The van der Waals surface area contributed by atoms with Gasteiger partial charge in [0.05, 0.1) is 0 Å². The molecule has 0 fully saturated rings. The van der Waals surface area contributed by atoms with Gasteiger partial charge in [-0.15, -0.1) is 0 Å². The first-order valence-corrected chi connectivity index (χ1v) is 33.0. The molecular formula is C75H120O6. The Kier molecular flexibility index (Phi) is 63.4. The Morgan fingerprint density at radius 1 is 0.259 bits per heavy atom. The van der Waals surface area contributed by atoms with E-state index in [0.717, 1.165) is 154 Å². The van der Waals surface area contributed by atoms with Crippen LogP contribution < -0.4 is 0 Å². The molecule has 0 aromatic carbocycles. The molecule has 81 heavy (non-hydrogen) atoms. The zero-order valence-electron chi connectivity index (χ0n) is 52.2. The van der Waals surface area contributed by atoms with Crippen molar-refractivity contribution < 1.29 is 28.6 Å². The summed E-state index contributed by atoms with van der Waals surface area (Å²) in [5.41, 5.74) is 0. The number of esters is 3. The lowest BCUT2D eigenvalue weighted by Gasteiger charge is -2.18. The summed E-state index contributed by atoms with van der Waals surface area (Å²) in [6, 6.07) is 0. The van der Waals surface area contributed by atoms with Gasteiger partial charge in [0, 0.05) is 19.3 Å². The average molecular weight is 1120 g/mol. The number of hydrogen-bond donors (Lipinski definition) is 0. The summed E-state index contributed by atoms with van der Waals surface area (Å²) >= 11 is 0. The quantitative estimate of drug-likeness (QED) is 0.0261. The molecule has 0 aliphatic heterocycles. The molecular weight excluding hydrogens is 997 g/mol. The van der Waals surface area contributed by atoms with Crippen molar-refractivity contribution in [2.75, 3.05) is 13.2 Å². The summed E-state index contributed by atoms with van der Waals surface area (Å²) in [5.74, 6) is -0.917. The van der Waals surface area contributed by atoms with Crippen molar-refractivity contribution in [2.45, 2.75) is 284 Å². The monoisotopic (exact) mass is 1120 g/mol. The normalized spacial score (nSPS) is 13.2. The van der Waals surface area contributed by atoms with Crippen molar-refractivity contribution in [1.29, 1.82) is 0 Å². The van der Waals surface area contributed by atoms with E-state index in [9.17, 15) is 14.4 Å². The molecule has 0 amide bonds. The van der Waals surface area contributed by atoms with Crippen LogP contribution in [0.5, 0.6) is 0 Å². The minimum absolute atomic E-state index is 0.0887. The number of carbonyl (C=O) groups is 3. The molecule has 0 bridgehead atoms. The van der Waals surface area contributed by atoms with Crippen LogP contribution in [0.1, 0.15) is 278 Å². The second-order valence-electron chi connectivity index (χ2n) is 21.3. The number of hydrogen-bond acceptors (Lipinski definition) is 6. The van der Waals surface area contributed by atoms with Crippen molar-refractivity contribution in [3.8, 4) is 0 Å². The van der Waals surface area contributed by atoms with Gasteiger partial charge in [-0.05, 0) is 128 Å². The van der Waals surface area contributed by atoms with Gasteiger partial charge in [0.1, 0.15) is 13.2 Å². The first-order valence-electron chi connectivity index (χ1n) is 33.0. The molecule has 0 rings (SSSR count). The number of allylic oxidation sites excluding steroid dienone is 26. The van der Waals surface area contributed by atoms with E-state index in [4.69, 9.17) is 14.2 Å². The van der Waals surface area contributed by atoms with Crippen LogP contribution in [0, 0.1) is 0 Å². The van der Waals surface area contributed by atoms with Crippen molar-refractivity contribution >= 4 is 17.9 Å². The molecule has 0 aliphatic rings. The fourth-order valence-corrected chi connectivity index (χ4v) is 8.66. The first kappa shape index (κ1) is 76.0. The third kappa shape index (κ3) is 65.7. The summed E-state index contributed by atoms with van der Waals surface area (Å²) in [5, 5.41) is 0. The molecule has 0 spiro atoms. The van der Waals surface area contributed by atoms with E-state index in [0.29, 0.717) is 19.3 Å². The lowest BCUT2D eigenvalue weighted by atomic mass is 10.1. The van der Waals surface area contributed by atoms with Gasteiger partial charge in [0.25, 0.3) is 0 Å². The molecule has 0 aliphatic carbocycles. The van der Waals surface area contributed by atoms with Crippen LogP contribution >= 0.6 is 0 Å². The largest absolute Gasteiger partial charge is 0.462 e. The van der Waals surface area contributed by atoms with E-state index >= 15 is 0 Å². The Bertz CT molecular complexity index is 1810. The highest BCUT2D eigenvalue weighted by atomic mass is 16.6. The van der Waals surface area contributed by atoms with Crippen LogP contribution in [-0.2, 0) is 28.6 Å². The van der Waals surface area contributed by atoms with Crippen molar-refractivity contribution in [1.82, 2.24) is 0 Å². The maximum absolute atomic E-state index is 12.9. The number of carbonyl (C=O) groups excluding carboxylic acids is 3. The van der Waals surface area contributed by atoms with Crippen LogP contribution in [0.3, 0.4) is 0 Å². The van der Waals surface area contributed by atoms with E-state index in [-0.39, 0.29) is 31.1 Å². The Morgan fingerprint density at radius 2 is 0.481 bits per heavy atom. The molecule has 0 aromatic heterocycles. The molecule has 6 nitrogen and oxygen atoms in total. The van der Waals surface area contributed by atoms with Crippen LogP contribution in [-0.4, -0.2) is 37.2 Å². The smallest absolute Gasteiger partial charge is 0.306 e. The van der Waals surface area contributed by atoms with Crippen LogP contribution in [0.25, 0.3) is 0 Å². The second kappa shape index (κ2) is 67.5. The molecule has 0 heterocycles. The molecule has 0 saturated carbocycles. The van der Waals surface area contributed by atoms with Gasteiger partial charge in [-0.3, -0.25) is 14.4 Å². The zero-order chi connectivity index (χ0) is 58.5. The Balaban J connectivity index is 4.18. The molecule has 1 unspecified atom stereocenters. The second-order valence-corrected chi connectivity index (χ2v) is 21.3. The van der Waals surface area contributed by atoms with Gasteiger partial charge in [-0.25, -0.2) is 0 Å². The third-order valence-electron chi connectivity index (χ3n) is 13.5. The Morgan fingerprint density at radius 3 is 0.753 bits per heavy atom. The van der Waals surface area contributed by atoms with E-state index in [2.05, 4.69) is 179 Å². The van der Waals surface area contributed by atoms with E-state index < -0.39 is 6.10 Å². The van der Waals surface area contributed by atoms with E-state index in [1.807, 2.05) is 0 Å². The molecule has 0 radical (unpaired) electrons. The Labute approximate surface area is 499 Å². The van der Waals surface area contributed by atoms with Gasteiger partial charge in [-0.1, -0.05) is 288 Å². The lowest BCUT2D eigenvalue weighted by Crippen LogP contribution is -2.30. The van der Waals surface area contributed by atoms with Crippen molar-refractivity contribution in [2.24, 2.45) is 0 Å². The highest BCUT2D eigenvalue weighted by molar-refractivity contribution is 5.71. The summed E-state index contributed by atoms with van der Waals surface area (Å²) < 4.78 is 16.8. The molecule has 0 aromatic rings.